The highest BCUT2D eigenvalue weighted by molar-refractivity contribution is 6.31. The van der Waals surface area contributed by atoms with Gasteiger partial charge in [-0.05, 0) is 18.2 Å². The van der Waals surface area contributed by atoms with Crippen molar-refractivity contribution in [2.45, 2.75) is 6.54 Å². The highest BCUT2D eigenvalue weighted by Gasteiger charge is 2.10. The molecular weight excluding hydrogens is 345 g/mol. The molecule has 0 bridgehead atoms. The van der Waals surface area contributed by atoms with Gasteiger partial charge >= 0.3 is 11.7 Å². The Bertz CT molecular complexity index is 892. The lowest BCUT2D eigenvalue weighted by Gasteiger charge is -2.08. The Labute approximate surface area is 138 Å². The molecular formula is C14H11ClFN3O5. The first kappa shape index (κ1) is 17.4. The number of aromatic nitrogens is 2. The van der Waals surface area contributed by atoms with Crippen LogP contribution in [0, 0.1) is 5.82 Å². The van der Waals surface area contributed by atoms with Crippen molar-refractivity contribution < 1.29 is 18.7 Å². The molecule has 0 saturated heterocycles. The summed E-state index contributed by atoms with van der Waals surface area (Å²) in [6.45, 7) is -1.07. The van der Waals surface area contributed by atoms with Crippen LogP contribution in [-0.4, -0.2) is 28.0 Å². The van der Waals surface area contributed by atoms with Gasteiger partial charge in [-0.1, -0.05) is 11.6 Å². The summed E-state index contributed by atoms with van der Waals surface area (Å²) in [4.78, 5) is 47.5. The number of amides is 1. The lowest BCUT2D eigenvalue weighted by molar-refractivity contribution is -0.148. The number of esters is 1. The Morgan fingerprint density at radius 3 is 2.71 bits per heavy atom. The average molecular weight is 356 g/mol. The number of rotatable bonds is 5. The number of benzene rings is 1. The zero-order chi connectivity index (χ0) is 17.7. The Balaban J connectivity index is 1.86. The van der Waals surface area contributed by atoms with Gasteiger partial charge in [0.05, 0.1) is 5.02 Å². The van der Waals surface area contributed by atoms with Crippen molar-refractivity contribution in [3.8, 4) is 0 Å². The first-order valence-electron chi connectivity index (χ1n) is 6.55. The number of ether oxygens (including phenoxy) is 1. The first-order valence-corrected chi connectivity index (χ1v) is 6.93. The third kappa shape index (κ3) is 4.78. The summed E-state index contributed by atoms with van der Waals surface area (Å²) >= 11 is 5.57. The maximum Gasteiger partial charge on any atom is 0.328 e. The number of halogens is 2. The van der Waals surface area contributed by atoms with Crippen LogP contribution < -0.4 is 16.6 Å². The van der Waals surface area contributed by atoms with Gasteiger partial charge in [0, 0.05) is 18.0 Å². The highest BCUT2D eigenvalue weighted by atomic mass is 35.5. The number of carbonyl (C=O) groups is 2. The SMILES string of the molecule is O=C(COC(=O)Cn1ccc(=O)[nH]c1=O)Nc1ccc(F)c(Cl)c1. The number of anilines is 1. The van der Waals surface area contributed by atoms with Crippen LogP contribution in [0.4, 0.5) is 10.1 Å². The van der Waals surface area contributed by atoms with E-state index in [4.69, 9.17) is 16.3 Å². The van der Waals surface area contributed by atoms with E-state index in [1.54, 1.807) is 0 Å². The van der Waals surface area contributed by atoms with E-state index in [2.05, 4.69) is 5.32 Å². The molecule has 0 spiro atoms. The van der Waals surface area contributed by atoms with Crippen molar-refractivity contribution in [1.82, 2.24) is 9.55 Å². The summed E-state index contributed by atoms with van der Waals surface area (Å²) in [5, 5.41) is 2.20. The predicted octanol–water partition coefficient (Wildman–Crippen LogP) is 0.511. The van der Waals surface area contributed by atoms with Crippen molar-refractivity contribution in [2.75, 3.05) is 11.9 Å². The summed E-state index contributed by atoms with van der Waals surface area (Å²) in [6.07, 6.45) is 1.13. The van der Waals surface area contributed by atoms with E-state index in [1.165, 1.54) is 12.1 Å². The van der Waals surface area contributed by atoms with E-state index < -0.39 is 42.1 Å². The Hall–Kier alpha value is -2.94. The lowest BCUT2D eigenvalue weighted by atomic mass is 10.3. The van der Waals surface area contributed by atoms with Gasteiger partial charge in [-0.25, -0.2) is 9.18 Å². The van der Waals surface area contributed by atoms with Crippen LogP contribution in [0.25, 0.3) is 0 Å². The van der Waals surface area contributed by atoms with Crippen LogP contribution in [0.1, 0.15) is 0 Å². The third-order valence-electron chi connectivity index (χ3n) is 2.76. The van der Waals surface area contributed by atoms with Crippen molar-refractivity contribution in [2.24, 2.45) is 0 Å². The topological polar surface area (TPSA) is 110 Å². The number of hydrogen-bond donors (Lipinski definition) is 2. The largest absolute Gasteiger partial charge is 0.454 e. The first-order chi connectivity index (χ1) is 11.3. The third-order valence-corrected chi connectivity index (χ3v) is 3.05. The molecule has 0 unspecified atom stereocenters. The minimum absolute atomic E-state index is 0.165. The smallest absolute Gasteiger partial charge is 0.328 e. The van der Waals surface area contributed by atoms with Crippen LogP contribution in [-0.2, 0) is 20.9 Å². The molecule has 0 saturated carbocycles. The number of nitrogens with zero attached hydrogens (tertiary/aromatic N) is 1. The number of H-pyrrole nitrogens is 1. The molecule has 0 atom stereocenters. The van der Waals surface area contributed by atoms with Crippen LogP contribution in [0.2, 0.25) is 5.02 Å². The van der Waals surface area contributed by atoms with Crippen molar-refractivity contribution >= 4 is 29.2 Å². The van der Waals surface area contributed by atoms with E-state index in [1.807, 2.05) is 4.98 Å². The van der Waals surface area contributed by atoms with E-state index in [0.717, 1.165) is 22.9 Å². The highest BCUT2D eigenvalue weighted by Crippen LogP contribution is 2.19. The zero-order valence-electron chi connectivity index (χ0n) is 12.0. The summed E-state index contributed by atoms with van der Waals surface area (Å²) in [7, 11) is 0. The van der Waals surface area contributed by atoms with Gasteiger partial charge in [-0.3, -0.25) is 23.9 Å². The summed E-state index contributed by atoms with van der Waals surface area (Å²) in [5.41, 5.74) is -1.13. The summed E-state index contributed by atoms with van der Waals surface area (Å²) < 4.78 is 18.6. The van der Waals surface area contributed by atoms with Gasteiger partial charge < -0.3 is 10.1 Å². The van der Waals surface area contributed by atoms with Crippen LogP contribution in [0.15, 0.2) is 40.1 Å². The van der Waals surface area contributed by atoms with Crippen molar-refractivity contribution in [3.63, 3.8) is 0 Å². The molecule has 1 aromatic carbocycles. The fourth-order valence-corrected chi connectivity index (χ4v) is 1.85. The minimum atomic E-state index is -0.851. The summed E-state index contributed by atoms with van der Waals surface area (Å²) in [5.74, 6) is -2.15. The number of nitrogens with one attached hydrogen (secondary N) is 2. The van der Waals surface area contributed by atoms with E-state index in [9.17, 15) is 23.6 Å². The standard InChI is InChI=1S/C14H11ClFN3O5/c15-9-5-8(1-2-10(9)16)17-12(21)7-24-13(22)6-19-4-3-11(20)18-14(19)23/h1-5H,6-7H2,(H,17,21)(H,18,20,23). The molecule has 2 aromatic rings. The monoisotopic (exact) mass is 355 g/mol. The van der Waals surface area contributed by atoms with E-state index in [0.29, 0.717) is 0 Å². The fourth-order valence-electron chi connectivity index (χ4n) is 1.67. The second-order valence-electron chi connectivity index (χ2n) is 4.58. The van der Waals surface area contributed by atoms with Gasteiger partial charge in [0.25, 0.3) is 11.5 Å². The molecule has 126 valence electrons. The molecule has 0 aliphatic heterocycles. The van der Waals surface area contributed by atoms with E-state index >= 15 is 0 Å². The molecule has 2 rings (SSSR count). The average Bonchev–Trinajstić information content (AvgIpc) is 2.52. The molecule has 24 heavy (non-hydrogen) atoms. The van der Waals surface area contributed by atoms with Gasteiger partial charge in [0.15, 0.2) is 6.61 Å². The van der Waals surface area contributed by atoms with Crippen molar-refractivity contribution in [1.29, 1.82) is 0 Å². The Morgan fingerprint density at radius 1 is 1.29 bits per heavy atom. The van der Waals surface area contributed by atoms with Crippen LogP contribution in [0.5, 0.6) is 0 Å². The fraction of sp³-hybridized carbons (Fsp3) is 0.143. The molecule has 1 aromatic heterocycles. The second kappa shape index (κ2) is 7.55. The molecule has 1 heterocycles. The normalized spacial score (nSPS) is 10.2. The maximum atomic E-state index is 13.0. The van der Waals surface area contributed by atoms with Gasteiger partial charge in [-0.2, -0.15) is 0 Å². The molecule has 0 aliphatic rings. The molecule has 10 heteroatoms. The number of hydrogen-bond acceptors (Lipinski definition) is 5. The minimum Gasteiger partial charge on any atom is -0.454 e. The van der Waals surface area contributed by atoms with Crippen LogP contribution >= 0.6 is 11.6 Å². The van der Waals surface area contributed by atoms with Gasteiger partial charge in [0.1, 0.15) is 12.4 Å². The Kier molecular flexibility index (Phi) is 5.48. The molecule has 8 nitrogen and oxygen atoms in total. The molecule has 1 amide bonds. The molecule has 0 fully saturated rings. The lowest BCUT2D eigenvalue weighted by Crippen LogP contribution is -2.32. The Morgan fingerprint density at radius 2 is 2.04 bits per heavy atom. The number of carbonyl (C=O) groups excluding carboxylic acids is 2. The number of aromatic amines is 1. The van der Waals surface area contributed by atoms with Gasteiger partial charge in [0.2, 0.25) is 0 Å². The zero-order valence-corrected chi connectivity index (χ0v) is 12.8. The van der Waals surface area contributed by atoms with Crippen molar-refractivity contribution in [3.05, 3.63) is 62.1 Å². The maximum absolute atomic E-state index is 13.0. The summed E-state index contributed by atoms with van der Waals surface area (Å²) in [6, 6.07) is 4.64. The van der Waals surface area contributed by atoms with E-state index in [-0.39, 0.29) is 10.7 Å². The van der Waals surface area contributed by atoms with Crippen LogP contribution in [0.3, 0.4) is 0 Å². The second-order valence-corrected chi connectivity index (χ2v) is 4.98. The quantitative estimate of drug-likeness (QED) is 0.759. The molecule has 0 radical (unpaired) electrons. The molecule has 0 aliphatic carbocycles. The molecule has 2 N–H and O–H groups in total. The predicted molar refractivity (Wildman–Crippen MR) is 82.3 cm³/mol. The van der Waals surface area contributed by atoms with Gasteiger partial charge in [-0.15, -0.1) is 0 Å².